The van der Waals surface area contributed by atoms with Crippen molar-refractivity contribution in [2.24, 2.45) is 0 Å². The van der Waals surface area contributed by atoms with Gasteiger partial charge < -0.3 is 5.32 Å². The molecule has 5 nitrogen and oxygen atoms in total. The Bertz CT molecular complexity index is 759. The standard InChI is InChI=1S/C19H23N3O2/c1-14-7-9-15(10-8-14)13-22-18(23)12-11-17(21-22)19(24)20-16-5-3-2-4-6-16/h7-12,16H,2-6,13H2,1H3,(H,20,24). The number of rotatable bonds is 4. The minimum absolute atomic E-state index is 0.195. The highest BCUT2D eigenvalue weighted by Gasteiger charge is 2.18. The fourth-order valence-electron chi connectivity index (χ4n) is 3.06. The Labute approximate surface area is 141 Å². The van der Waals surface area contributed by atoms with Crippen molar-refractivity contribution in [3.63, 3.8) is 0 Å². The number of benzene rings is 1. The number of hydrogen-bond acceptors (Lipinski definition) is 3. The molecule has 0 unspecified atom stereocenters. The molecule has 3 rings (SSSR count). The zero-order chi connectivity index (χ0) is 16.9. The van der Waals surface area contributed by atoms with E-state index in [2.05, 4.69) is 10.4 Å². The molecule has 1 N–H and O–H groups in total. The Morgan fingerprint density at radius 3 is 2.54 bits per heavy atom. The topological polar surface area (TPSA) is 64.0 Å². The lowest BCUT2D eigenvalue weighted by molar-refractivity contribution is 0.0920. The van der Waals surface area contributed by atoms with Gasteiger partial charge in [0.2, 0.25) is 0 Å². The van der Waals surface area contributed by atoms with Gasteiger partial charge in [-0.1, -0.05) is 49.1 Å². The van der Waals surface area contributed by atoms with Crippen LogP contribution in [0.25, 0.3) is 0 Å². The second kappa shape index (κ2) is 7.43. The van der Waals surface area contributed by atoms with Crippen LogP contribution in [-0.2, 0) is 6.54 Å². The van der Waals surface area contributed by atoms with Crippen molar-refractivity contribution in [1.82, 2.24) is 15.1 Å². The van der Waals surface area contributed by atoms with Crippen LogP contribution in [0.1, 0.15) is 53.7 Å². The van der Waals surface area contributed by atoms with Crippen LogP contribution in [0.15, 0.2) is 41.2 Å². The molecule has 1 aromatic heterocycles. The summed E-state index contributed by atoms with van der Waals surface area (Å²) in [5.74, 6) is -0.195. The fourth-order valence-corrected chi connectivity index (χ4v) is 3.06. The van der Waals surface area contributed by atoms with Crippen molar-refractivity contribution in [1.29, 1.82) is 0 Å². The van der Waals surface area contributed by atoms with E-state index >= 15 is 0 Å². The van der Waals surface area contributed by atoms with E-state index in [0.29, 0.717) is 12.2 Å². The van der Waals surface area contributed by atoms with Gasteiger partial charge in [-0.15, -0.1) is 0 Å². The third-order valence-electron chi connectivity index (χ3n) is 4.49. The van der Waals surface area contributed by atoms with Crippen LogP contribution in [0.2, 0.25) is 0 Å². The van der Waals surface area contributed by atoms with Crippen molar-refractivity contribution in [3.05, 3.63) is 63.6 Å². The quantitative estimate of drug-likeness (QED) is 0.940. The summed E-state index contributed by atoms with van der Waals surface area (Å²) in [6, 6.07) is 11.1. The minimum Gasteiger partial charge on any atom is -0.348 e. The molecule has 0 atom stereocenters. The third kappa shape index (κ3) is 4.10. The molecule has 1 amide bonds. The molecule has 0 bridgehead atoms. The first-order valence-electron chi connectivity index (χ1n) is 8.56. The summed E-state index contributed by atoms with van der Waals surface area (Å²) in [6.07, 6.45) is 5.60. The maximum Gasteiger partial charge on any atom is 0.271 e. The Kier molecular flexibility index (Phi) is 5.08. The molecule has 0 spiro atoms. The van der Waals surface area contributed by atoms with E-state index in [4.69, 9.17) is 0 Å². The van der Waals surface area contributed by atoms with Gasteiger partial charge >= 0.3 is 0 Å². The summed E-state index contributed by atoms with van der Waals surface area (Å²) in [4.78, 5) is 24.4. The fraction of sp³-hybridized carbons (Fsp3) is 0.421. The Hall–Kier alpha value is -2.43. The number of nitrogens with zero attached hydrogens (tertiary/aromatic N) is 2. The van der Waals surface area contributed by atoms with Crippen LogP contribution in [0.3, 0.4) is 0 Å². The van der Waals surface area contributed by atoms with E-state index in [1.165, 1.54) is 28.8 Å². The molecule has 5 heteroatoms. The van der Waals surface area contributed by atoms with Gasteiger partial charge in [0.05, 0.1) is 6.54 Å². The summed E-state index contributed by atoms with van der Waals surface area (Å²) in [7, 11) is 0. The summed E-state index contributed by atoms with van der Waals surface area (Å²) in [6.45, 7) is 2.38. The van der Waals surface area contributed by atoms with E-state index in [9.17, 15) is 9.59 Å². The SMILES string of the molecule is Cc1ccc(Cn2nc(C(=O)NC3CCCCC3)ccc2=O)cc1. The molecule has 126 valence electrons. The van der Waals surface area contributed by atoms with E-state index in [1.807, 2.05) is 31.2 Å². The average molecular weight is 325 g/mol. The molecule has 0 aliphatic heterocycles. The number of hydrogen-bond donors (Lipinski definition) is 1. The second-order valence-electron chi connectivity index (χ2n) is 6.51. The first-order valence-corrected chi connectivity index (χ1v) is 8.56. The molecule has 2 aromatic rings. The normalized spacial score (nSPS) is 15.2. The van der Waals surface area contributed by atoms with Gasteiger partial charge in [0.15, 0.2) is 0 Å². The molecule has 1 aromatic carbocycles. The van der Waals surface area contributed by atoms with Crippen LogP contribution in [-0.4, -0.2) is 21.7 Å². The van der Waals surface area contributed by atoms with E-state index in [-0.39, 0.29) is 17.5 Å². The van der Waals surface area contributed by atoms with Crippen LogP contribution >= 0.6 is 0 Å². The minimum atomic E-state index is -0.204. The van der Waals surface area contributed by atoms with Crippen molar-refractivity contribution < 1.29 is 4.79 Å². The molecular formula is C19H23N3O2. The lowest BCUT2D eigenvalue weighted by Gasteiger charge is -2.22. The highest BCUT2D eigenvalue weighted by Crippen LogP contribution is 2.17. The second-order valence-corrected chi connectivity index (χ2v) is 6.51. The highest BCUT2D eigenvalue weighted by atomic mass is 16.2. The zero-order valence-electron chi connectivity index (χ0n) is 14.0. The largest absolute Gasteiger partial charge is 0.348 e. The van der Waals surface area contributed by atoms with E-state index in [0.717, 1.165) is 31.2 Å². The molecular weight excluding hydrogens is 302 g/mol. The predicted molar refractivity (Wildman–Crippen MR) is 93.1 cm³/mol. The Morgan fingerprint density at radius 2 is 1.83 bits per heavy atom. The maximum absolute atomic E-state index is 12.4. The Morgan fingerprint density at radius 1 is 1.12 bits per heavy atom. The lowest BCUT2D eigenvalue weighted by Crippen LogP contribution is -2.37. The van der Waals surface area contributed by atoms with Crippen molar-refractivity contribution in [2.75, 3.05) is 0 Å². The van der Waals surface area contributed by atoms with Crippen LogP contribution in [0.5, 0.6) is 0 Å². The zero-order valence-corrected chi connectivity index (χ0v) is 14.0. The van der Waals surface area contributed by atoms with Gasteiger partial charge in [-0.25, -0.2) is 4.68 Å². The molecule has 1 aliphatic carbocycles. The van der Waals surface area contributed by atoms with Gasteiger partial charge in [-0.2, -0.15) is 5.10 Å². The van der Waals surface area contributed by atoms with Crippen LogP contribution in [0, 0.1) is 6.92 Å². The lowest BCUT2D eigenvalue weighted by atomic mass is 9.95. The number of amides is 1. The molecule has 1 saturated carbocycles. The predicted octanol–water partition coefficient (Wildman–Crippen LogP) is 2.66. The smallest absolute Gasteiger partial charge is 0.271 e. The van der Waals surface area contributed by atoms with Crippen molar-refractivity contribution in [2.45, 2.75) is 51.6 Å². The van der Waals surface area contributed by atoms with Gasteiger partial charge in [0, 0.05) is 12.1 Å². The average Bonchev–Trinajstić information content (AvgIpc) is 2.59. The summed E-state index contributed by atoms with van der Waals surface area (Å²) >= 11 is 0. The molecule has 1 aliphatic rings. The monoisotopic (exact) mass is 325 g/mol. The molecule has 0 saturated heterocycles. The number of carbonyl (C=O) groups is 1. The van der Waals surface area contributed by atoms with Crippen LogP contribution < -0.4 is 10.9 Å². The van der Waals surface area contributed by atoms with Gasteiger partial charge in [0.25, 0.3) is 11.5 Å². The summed E-state index contributed by atoms with van der Waals surface area (Å²) in [5.41, 5.74) is 2.25. The first kappa shape index (κ1) is 16.4. The van der Waals surface area contributed by atoms with Gasteiger partial charge in [-0.05, 0) is 31.4 Å². The molecule has 1 fully saturated rings. The van der Waals surface area contributed by atoms with Gasteiger partial charge in [-0.3, -0.25) is 9.59 Å². The number of aromatic nitrogens is 2. The van der Waals surface area contributed by atoms with Crippen LogP contribution in [0.4, 0.5) is 0 Å². The van der Waals surface area contributed by atoms with E-state index in [1.54, 1.807) is 0 Å². The highest BCUT2D eigenvalue weighted by molar-refractivity contribution is 5.92. The van der Waals surface area contributed by atoms with Crippen molar-refractivity contribution in [3.8, 4) is 0 Å². The third-order valence-corrected chi connectivity index (χ3v) is 4.49. The molecule has 1 heterocycles. The molecule has 24 heavy (non-hydrogen) atoms. The number of nitrogens with one attached hydrogen (secondary N) is 1. The Balaban J connectivity index is 1.74. The maximum atomic E-state index is 12.4. The van der Waals surface area contributed by atoms with E-state index < -0.39 is 0 Å². The molecule has 0 radical (unpaired) electrons. The number of carbonyl (C=O) groups excluding carboxylic acids is 1. The summed E-state index contributed by atoms with van der Waals surface area (Å²) < 4.78 is 1.35. The van der Waals surface area contributed by atoms with Crippen molar-refractivity contribution >= 4 is 5.91 Å². The van der Waals surface area contributed by atoms with Gasteiger partial charge in [0.1, 0.15) is 5.69 Å². The first-order chi connectivity index (χ1) is 11.6. The number of aryl methyl sites for hydroxylation is 1. The summed E-state index contributed by atoms with van der Waals surface area (Å²) in [5, 5.41) is 7.28.